The molecule has 0 saturated carbocycles. The van der Waals surface area contributed by atoms with Crippen LogP contribution in [0.1, 0.15) is 12.0 Å². The van der Waals surface area contributed by atoms with Gasteiger partial charge in [-0.2, -0.15) is 0 Å². The van der Waals surface area contributed by atoms with Crippen LogP contribution in [0, 0.1) is 0 Å². The zero-order chi connectivity index (χ0) is 13.9. The van der Waals surface area contributed by atoms with E-state index in [2.05, 4.69) is 37.1 Å². The number of rotatable bonds is 3. The van der Waals surface area contributed by atoms with Crippen molar-refractivity contribution in [1.29, 1.82) is 0 Å². The minimum atomic E-state index is 0. The quantitative estimate of drug-likeness (QED) is 0.849. The van der Waals surface area contributed by atoms with Gasteiger partial charge in [-0.1, -0.05) is 27.5 Å². The Morgan fingerprint density at radius 3 is 2.67 bits per heavy atom. The molecule has 2 fully saturated rings. The Kier molecular flexibility index (Phi) is 6.79. The maximum Gasteiger partial charge on any atom is 0.0410 e. The topological polar surface area (TPSA) is 18.5 Å². The van der Waals surface area contributed by atoms with Gasteiger partial charge in [0.05, 0.1) is 0 Å². The van der Waals surface area contributed by atoms with Gasteiger partial charge in [0.25, 0.3) is 0 Å². The summed E-state index contributed by atoms with van der Waals surface area (Å²) >= 11 is 9.71. The molecule has 1 atom stereocenters. The van der Waals surface area contributed by atoms with Gasteiger partial charge in [0.15, 0.2) is 0 Å². The number of benzene rings is 1. The predicted octanol–water partition coefficient (Wildman–Crippen LogP) is 3.00. The molecule has 0 aromatic heterocycles. The van der Waals surface area contributed by atoms with Crippen LogP contribution in [0.25, 0.3) is 0 Å². The molecule has 0 radical (unpaired) electrons. The monoisotopic (exact) mass is 393 g/mol. The fraction of sp³-hybridized carbons (Fsp3) is 0.600. The van der Waals surface area contributed by atoms with Gasteiger partial charge in [-0.3, -0.25) is 9.80 Å². The van der Waals surface area contributed by atoms with E-state index in [0.717, 1.165) is 35.2 Å². The van der Waals surface area contributed by atoms with Crippen LogP contribution in [-0.4, -0.2) is 55.1 Å². The minimum Gasteiger partial charge on any atom is -0.315 e. The Morgan fingerprint density at radius 2 is 2.00 bits per heavy atom. The predicted molar refractivity (Wildman–Crippen MR) is 94.5 cm³/mol. The number of nitrogens with zero attached hydrogens (tertiary/aromatic N) is 2. The molecule has 3 rings (SSSR count). The van der Waals surface area contributed by atoms with Crippen molar-refractivity contribution < 1.29 is 0 Å². The van der Waals surface area contributed by atoms with Gasteiger partial charge < -0.3 is 5.32 Å². The van der Waals surface area contributed by atoms with Crippen LogP contribution in [0.15, 0.2) is 22.7 Å². The summed E-state index contributed by atoms with van der Waals surface area (Å²) < 4.78 is 1.16. The molecule has 0 bridgehead atoms. The van der Waals surface area contributed by atoms with E-state index in [1.807, 2.05) is 12.1 Å². The van der Waals surface area contributed by atoms with Crippen molar-refractivity contribution in [1.82, 2.24) is 15.1 Å². The first kappa shape index (κ1) is 17.5. The van der Waals surface area contributed by atoms with Crippen LogP contribution < -0.4 is 5.32 Å². The molecular formula is C15H22BrCl2N3. The highest BCUT2D eigenvalue weighted by Crippen LogP contribution is 2.23. The van der Waals surface area contributed by atoms with E-state index in [1.165, 1.54) is 38.2 Å². The SMILES string of the molecule is Cl.Clc1ccc(Br)c(CN2CCN(C3CCNC3)CC2)c1. The van der Waals surface area contributed by atoms with Crippen molar-refractivity contribution in [2.75, 3.05) is 39.3 Å². The van der Waals surface area contributed by atoms with Gasteiger partial charge >= 0.3 is 0 Å². The van der Waals surface area contributed by atoms with E-state index in [-0.39, 0.29) is 12.4 Å². The fourth-order valence-electron chi connectivity index (χ4n) is 3.14. The zero-order valence-corrected chi connectivity index (χ0v) is 15.2. The van der Waals surface area contributed by atoms with Crippen LogP contribution in [0.2, 0.25) is 5.02 Å². The van der Waals surface area contributed by atoms with E-state index in [0.29, 0.717) is 0 Å². The molecule has 118 valence electrons. The zero-order valence-electron chi connectivity index (χ0n) is 12.0. The molecule has 1 aromatic carbocycles. The van der Waals surface area contributed by atoms with E-state index in [9.17, 15) is 0 Å². The van der Waals surface area contributed by atoms with Crippen molar-refractivity contribution in [3.63, 3.8) is 0 Å². The average Bonchev–Trinajstić information content (AvgIpc) is 2.98. The molecule has 1 unspecified atom stereocenters. The molecule has 6 heteroatoms. The number of hydrogen-bond acceptors (Lipinski definition) is 3. The van der Waals surface area contributed by atoms with Gasteiger partial charge in [-0.15, -0.1) is 12.4 Å². The first-order valence-electron chi connectivity index (χ1n) is 7.33. The van der Waals surface area contributed by atoms with E-state index >= 15 is 0 Å². The second-order valence-corrected chi connectivity index (χ2v) is 6.99. The third kappa shape index (κ3) is 4.57. The van der Waals surface area contributed by atoms with Gasteiger partial charge in [-0.25, -0.2) is 0 Å². The van der Waals surface area contributed by atoms with Crippen LogP contribution >= 0.6 is 39.9 Å². The molecule has 1 N–H and O–H groups in total. The van der Waals surface area contributed by atoms with E-state index in [1.54, 1.807) is 0 Å². The highest BCUT2D eigenvalue weighted by atomic mass is 79.9. The lowest BCUT2D eigenvalue weighted by molar-refractivity contribution is 0.0980. The summed E-state index contributed by atoms with van der Waals surface area (Å²) in [6.45, 7) is 8.00. The van der Waals surface area contributed by atoms with Gasteiger partial charge in [0.1, 0.15) is 0 Å². The lowest BCUT2D eigenvalue weighted by Crippen LogP contribution is -2.50. The van der Waals surface area contributed by atoms with Crippen molar-refractivity contribution in [3.05, 3.63) is 33.3 Å². The Bertz CT molecular complexity index is 458. The van der Waals surface area contributed by atoms with Gasteiger partial charge in [0, 0.05) is 54.8 Å². The molecule has 2 aliphatic rings. The van der Waals surface area contributed by atoms with Crippen LogP contribution in [0.3, 0.4) is 0 Å². The summed E-state index contributed by atoms with van der Waals surface area (Å²) in [6.07, 6.45) is 1.31. The number of halogens is 3. The van der Waals surface area contributed by atoms with Crippen LogP contribution in [0.4, 0.5) is 0 Å². The molecule has 1 aromatic rings. The molecule has 0 aliphatic carbocycles. The standard InChI is InChI=1S/C15H21BrClN3.ClH/c16-15-2-1-13(17)9-12(15)11-19-5-7-20(8-6-19)14-3-4-18-10-14;/h1-2,9,14,18H,3-8,10-11H2;1H. The minimum absolute atomic E-state index is 0. The highest BCUT2D eigenvalue weighted by molar-refractivity contribution is 9.10. The molecule has 3 nitrogen and oxygen atoms in total. The molecule has 2 saturated heterocycles. The normalized spacial score (nSPS) is 24.0. The number of piperazine rings is 1. The van der Waals surface area contributed by atoms with Gasteiger partial charge in [0.2, 0.25) is 0 Å². The molecule has 2 aliphatic heterocycles. The van der Waals surface area contributed by atoms with Crippen molar-refractivity contribution in [2.24, 2.45) is 0 Å². The maximum atomic E-state index is 6.09. The molecule has 21 heavy (non-hydrogen) atoms. The van der Waals surface area contributed by atoms with E-state index < -0.39 is 0 Å². The summed E-state index contributed by atoms with van der Waals surface area (Å²) in [5, 5.41) is 4.28. The maximum absolute atomic E-state index is 6.09. The largest absolute Gasteiger partial charge is 0.315 e. The first-order chi connectivity index (χ1) is 9.72. The Balaban J connectivity index is 0.00000161. The molecule has 0 amide bonds. The summed E-state index contributed by atoms with van der Waals surface area (Å²) in [5.41, 5.74) is 1.29. The number of hydrogen-bond donors (Lipinski definition) is 1. The average molecular weight is 395 g/mol. The van der Waals surface area contributed by atoms with Crippen molar-refractivity contribution in [2.45, 2.75) is 19.0 Å². The lowest BCUT2D eigenvalue weighted by atomic mass is 10.1. The Morgan fingerprint density at radius 1 is 1.24 bits per heavy atom. The van der Waals surface area contributed by atoms with Crippen LogP contribution in [-0.2, 0) is 6.54 Å². The summed E-state index contributed by atoms with van der Waals surface area (Å²) in [4.78, 5) is 5.17. The Hall–Kier alpha value is 0.160. The van der Waals surface area contributed by atoms with Crippen molar-refractivity contribution in [3.8, 4) is 0 Å². The molecule has 2 heterocycles. The lowest BCUT2D eigenvalue weighted by Gasteiger charge is -2.37. The van der Waals surface area contributed by atoms with E-state index in [4.69, 9.17) is 11.6 Å². The smallest absolute Gasteiger partial charge is 0.0410 e. The molecule has 0 spiro atoms. The van der Waals surface area contributed by atoms with Crippen molar-refractivity contribution >= 4 is 39.9 Å². The van der Waals surface area contributed by atoms with Crippen LogP contribution in [0.5, 0.6) is 0 Å². The highest BCUT2D eigenvalue weighted by Gasteiger charge is 2.26. The third-order valence-corrected chi connectivity index (χ3v) is 5.37. The molecular weight excluding hydrogens is 373 g/mol. The summed E-state index contributed by atoms with van der Waals surface area (Å²) in [7, 11) is 0. The summed E-state index contributed by atoms with van der Waals surface area (Å²) in [5.74, 6) is 0. The first-order valence-corrected chi connectivity index (χ1v) is 8.50. The second-order valence-electron chi connectivity index (χ2n) is 5.69. The Labute approximate surface area is 146 Å². The second kappa shape index (κ2) is 8.14. The van der Waals surface area contributed by atoms with Gasteiger partial charge in [-0.05, 0) is 36.7 Å². The fourth-order valence-corrected chi connectivity index (χ4v) is 3.71. The number of nitrogens with one attached hydrogen (secondary N) is 1. The summed E-state index contributed by atoms with van der Waals surface area (Å²) in [6, 6.07) is 6.80. The third-order valence-electron chi connectivity index (χ3n) is 4.36.